The molecule has 0 aromatic carbocycles. The van der Waals surface area contributed by atoms with E-state index in [1.54, 1.807) is 0 Å². The number of nitrogens with two attached hydrogens (primary N) is 1. The second-order valence-corrected chi connectivity index (χ2v) is 3.61. The molecule has 0 saturated heterocycles. The van der Waals surface area contributed by atoms with Gasteiger partial charge in [0.05, 0.1) is 0 Å². The van der Waals surface area contributed by atoms with E-state index in [2.05, 4.69) is 5.10 Å². The summed E-state index contributed by atoms with van der Waals surface area (Å²) in [5.74, 6) is 1.47. The average molecular weight is 165 g/mol. The van der Waals surface area contributed by atoms with Crippen LogP contribution >= 0.6 is 0 Å². The van der Waals surface area contributed by atoms with Crippen LogP contribution < -0.4 is 5.73 Å². The first-order valence-electron chi connectivity index (χ1n) is 4.63. The zero-order chi connectivity index (χ0) is 8.39. The molecule has 0 aliphatic heterocycles. The molecule has 1 fully saturated rings. The molecule has 2 rings (SSSR count). The van der Waals surface area contributed by atoms with Gasteiger partial charge >= 0.3 is 0 Å². The van der Waals surface area contributed by atoms with Crippen molar-refractivity contribution in [2.45, 2.75) is 32.2 Å². The number of hydrogen-bond acceptors (Lipinski definition) is 2. The van der Waals surface area contributed by atoms with E-state index in [0.29, 0.717) is 5.82 Å². The van der Waals surface area contributed by atoms with E-state index in [4.69, 9.17) is 5.73 Å². The van der Waals surface area contributed by atoms with Crippen molar-refractivity contribution in [3.63, 3.8) is 0 Å². The normalized spacial score (nSPS) is 18.7. The van der Waals surface area contributed by atoms with Crippen LogP contribution in [0.3, 0.4) is 0 Å². The van der Waals surface area contributed by atoms with Gasteiger partial charge in [0.1, 0.15) is 5.82 Å². The Balaban J connectivity index is 1.94. The minimum atomic E-state index is 0.632. The molecule has 0 unspecified atom stereocenters. The summed E-state index contributed by atoms with van der Waals surface area (Å²) in [5.41, 5.74) is 5.52. The molecule has 2 N–H and O–H groups in total. The molecule has 1 aliphatic rings. The monoisotopic (exact) mass is 165 g/mol. The highest BCUT2D eigenvalue weighted by Gasteiger charge is 2.15. The van der Waals surface area contributed by atoms with Gasteiger partial charge in [-0.3, -0.25) is 4.68 Å². The molecule has 1 heterocycles. The number of nitrogens with zero attached hydrogens (tertiary/aromatic N) is 2. The molecule has 1 aromatic rings. The van der Waals surface area contributed by atoms with Gasteiger partial charge < -0.3 is 5.73 Å². The maximum atomic E-state index is 5.52. The van der Waals surface area contributed by atoms with Crippen LogP contribution in [0.4, 0.5) is 5.82 Å². The molecular weight excluding hydrogens is 150 g/mol. The Kier molecular flexibility index (Phi) is 2.02. The lowest BCUT2D eigenvalue weighted by molar-refractivity contribution is 0.430. The van der Waals surface area contributed by atoms with E-state index < -0.39 is 0 Å². The minimum Gasteiger partial charge on any atom is -0.382 e. The minimum absolute atomic E-state index is 0.632. The Labute approximate surface area is 72.6 Å². The highest BCUT2D eigenvalue weighted by Crippen LogP contribution is 2.25. The summed E-state index contributed by atoms with van der Waals surface area (Å²) >= 11 is 0. The predicted molar refractivity (Wildman–Crippen MR) is 48.6 cm³/mol. The van der Waals surface area contributed by atoms with Crippen LogP contribution in [0.5, 0.6) is 0 Å². The average Bonchev–Trinajstić information content (AvgIpc) is 2.63. The molecule has 1 aromatic heterocycles. The molecule has 12 heavy (non-hydrogen) atoms. The predicted octanol–water partition coefficient (Wildman–Crippen LogP) is 1.66. The maximum absolute atomic E-state index is 5.52. The standard InChI is InChI=1S/C9H15N3/c10-9-5-6-12(11-9)7-8-3-1-2-4-8/h5-6,8H,1-4,7H2,(H2,10,11). The third kappa shape index (κ3) is 1.60. The van der Waals surface area contributed by atoms with Crippen LogP contribution in [0.2, 0.25) is 0 Å². The van der Waals surface area contributed by atoms with Gasteiger partial charge in [-0.2, -0.15) is 5.10 Å². The molecule has 66 valence electrons. The van der Waals surface area contributed by atoms with Crippen molar-refractivity contribution < 1.29 is 0 Å². The van der Waals surface area contributed by atoms with E-state index in [9.17, 15) is 0 Å². The summed E-state index contributed by atoms with van der Waals surface area (Å²) in [6, 6.07) is 1.86. The zero-order valence-electron chi connectivity index (χ0n) is 7.24. The van der Waals surface area contributed by atoms with Gasteiger partial charge in [0.2, 0.25) is 0 Å². The Morgan fingerprint density at radius 3 is 2.83 bits per heavy atom. The SMILES string of the molecule is Nc1ccn(CC2CCCC2)n1. The third-order valence-electron chi connectivity index (χ3n) is 2.58. The maximum Gasteiger partial charge on any atom is 0.145 e. The Morgan fingerprint density at radius 2 is 2.25 bits per heavy atom. The van der Waals surface area contributed by atoms with Crippen molar-refractivity contribution >= 4 is 5.82 Å². The van der Waals surface area contributed by atoms with Crippen molar-refractivity contribution in [3.05, 3.63) is 12.3 Å². The van der Waals surface area contributed by atoms with Crippen molar-refractivity contribution in [1.82, 2.24) is 9.78 Å². The van der Waals surface area contributed by atoms with Gasteiger partial charge in [0.25, 0.3) is 0 Å². The Hall–Kier alpha value is -0.990. The molecule has 3 heteroatoms. The van der Waals surface area contributed by atoms with Crippen LogP contribution in [0.25, 0.3) is 0 Å². The fraction of sp³-hybridized carbons (Fsp3) is 0.667. The second-order valence-electron chi connectivity index (χ2n) is 3.61. The fourth-order valence-electron chi connectivity index (χ4n) is 1.94. The fourth-order valence-corrected chi connectivity index (χ4v) is 1.94. The molecular formula is C9H15N3. The smallest absolute Gasteiger partial charge is 0.145 e. The van der Waals surface area contributed by atoms with Crippen molar-refractivity contribution in [3.8, 4) is 0 Å². The van der Waals surface area contributed by atoms with Crippen LogP contribution in [-0.2, 0) is 6.54 Å². The summed E-state index contributed by atoms with van der Waals surface area (Å²) in [4.78, 5) is 0. The molecule has 0 amide bonds. The van der Waals surface area contributed by atoms with Gasteiger partial charge in [0, 0.05) is 12.7 Å². The van der Waals surface area contributed by atoms with Crippen molar-refractivity contribution in [2.75, 3.05) is 5.73 Å². The van der Waals surface area contributed by atoms with E-state index in [1.165, 1.54) is 25.7 Å². The first kappa shape index (κ1) is 7.65. The van der Waals surface area contributed by atoms with Gasteiger partial charge in [-0.1, -0.05) is 12.8 Å². The molecule has 1 aliphatic carbocycles. The summed E-state index contributed by atoms with van der Waals surface area (Å²) < 4.78 is 1.96. The third-order valence-corrected chi connectivity index (χ3v) is 2.58. The van der Waals surface area contributed by atoms with Crippen molar-refractivity contribution in [1.29, 1.82) is 0 Å². The number of aromatic nitrogens is 2. The lowest BCUT2D eigenvalue weighted by atomic mass is 10.1. The topological polar surface area (TPSA) is 43.8 Å². The summed E-state index contributed by atoms with van der Waals surface area (Å²) in [7, 11) is 0. The zero-order valence-corrected chi connectivity index (χ0v) is 7.24. The molecule has 0 spiro atoms. The molecule has 0 radical (unpaired) electrons. The second kappa shape index (κ2) is 3.17. The number of rotatable bonds is 2. The number of nitrogen functional groups attached to an aromatic ring is 1. The van der Waals surface area contributed by atoms with Gasteiger partial charge in [-0.05, 0) is 24.8 Å². The van der Waals surface area contributed by atoms with Crippen molar-refractivity contribution in [2.24, 2.45) is 5.92 Å². The highest BCUT2D eigenvalue weighted by molar-refractivity contribution is 5.23. The first-order chi connectivity index (χ1) is 5.84. The van der Waals surface area contributed by atoms with Gasteiger partial charge in [-0.25, -0.2) is 0 Å². The number of anilines is 1. The molecule has 0 atom stereocenters. The molecule has 0 bridgehead atoms. The summed E-state index contributed by atoms with van der Waals surface area (Å²) in [6.45, 7) is 1.05. The van der Waals surface area contributed by atoms with Crippen LogP contribution in [0, 0.1) is 5.92 Å². The lowest BCUT2D eigenvalue weighted by Crippen LogP contribution is -2.07. The van der Waals surface area contributed by atoms with Crippen LogP contribution in [0.15, 0.2) is 12.3 Å². The lowest BCUT2D eigenvalue weighted by Gasteiger charge is -2.07. The van der Waals surface area contributed by atoms with E-state index in [0.717, 1.165) is 12.5 Å². The van der Waals surface area contributed by atoms with E-state index in [1.807, 2.05) is 16.9 Å². The van der Waals surface area contributed by atoms with Gasteiger partial charge in [-0.15, -0.1) is 0 Å². The first-order valence-corrected chi connectivity index (χ1v) is 4.63. The largest absolute Gasteiger partial charge is 0.382 e. The van der Waals surface area contributed by atoms with Crippen LogP contribution in [0.1, 0.15) is 25.7 Å². The van der Waals surface area contributed by atoms with Crippen LogP contribution in [-0.4, -0.2) is 9.78 Å². The summed E-state index contributed by atoms with van der Waals surface area (Å²) in [5, 5.41) is 4.17. The summed E-state index contributed by atoms with van der Waals surface area (Å²) in [6.07, 6.45) is 7.47. The highest BCUT2D eigenvalue weighted by atomic mass is 15.3. The molecule has 1 saturated carbocycles. The molecule has 3 nitrogen and oxygen atoms in total. The van der Waals surface area contributed by atoms with E-state index >= 15 is 0 Å². The number of hydrogen-bond donors (Lipinski definition) is 1. The van der Waals surface area contributed by atoms with E-state index in [-0.39, 0.29) is 0 Å². The quantitative estimate of drug-likeness (QED) is 0.724. The Bertz CT molecular complexity index is 248. The van der Waals surface area contributed by atoms with Gasteiger partial charge in [0.15, 0.2) is 0 Å². The Morgan fingerprint density at radius 1 is 1.50 bits per heavy atom.